The molecule has 0 amide bonds. The van der Waals surface area contributed by atoms with Crippen LogP contribution in [-0.4, -0.2) is 28.4 Å². The summed E-state index contributed by atoms with van der Waals surface area (Å²) in [6, 6.07) is 10.6. The fourth-order valence-electron chi connectivity index (χ4n) is 4.03. The van der Waals surface area contributed by atoms with E-state index in [1.807, 2.05) is 24.1 Å². The number of aryl methyl sites for hydroxylation is 1. The number of nitrogens with zero attached hydrogens (tertiary/aromatic N) is 2. The highest BCUT2D eigenvalue weighted by molar-refractivity contribution is 5.58. The minimum Gasteiger partial charge on any atom is -0.438 e. The first-order valence-electron chi connectivity index (χ1n) is 10.7. The van der Waals surface area contributed by atoms with Gasteiger partial charge in [-0.25, -0.2) is 0 Å². The van der Waals surface area contributed by atoms with E-state index in [-0.39, 0.29) is 12.3 Å². The summed E-state index contributed by atoms with van der Waals surface area (Å²) < 4.78 is 12.0. The second kappa shape index (κ2) is 8.56. The fraction of sp³-hybridized carbons (Fsp3) is 0.458. The van der Waals surface area contributed by atoms with Gasteiger partial charge in [0, 0.05) is 18.2 Å². The molecule has 29 heavy (non-hydrogen) atoms. The Bertz CT molecular complexity index is 977. The molecular weight excluding hydrogens is 364 g/mol. The number of hydrogen-bond acceptors (Lipinski definition) is 5. The molecule has 2 aliphatic heterocycles. The first-order chi connectivity index (χ1) is 14.1. The number of fused-ring (bicyclic) bond motifs is 1. The number of ether oxygens (including phenoxy) is 1. The molecule has 0 bridgehead atoms. The third-order valence-electron chi connectivity index (χ3n) is 5.77. The highest BCUT2D eigenvalue weighted by Crippen LogP contribution is 2.28. The van der Waals surface area contributed by atoms with Gasteiger partial charge in [0.15, 0.2) is 0 Å². The maximum atomic E-state index is 10.2. The summed E-state index contributed by atoms with van der Waals surface area (Å²) in [4.78, 5) is 6.43. The smallest absolute Gasteiger partial charge is 0.230 e. The molecule has 2 aliphatic rings. The average Bonchev–Trinajstić information content (AvgIpc) is 3.30. The molecule has 3 heterocycles. The highest BCUT2D eigenvalue weighted by atomic mass is 16.5. The second-order valence-corrected chi connectivity index (χ2v) is 7.93. The van der Waals surface area contributed by atoms with E-state index in [2.05, 4.69) is 42.8 Å². The van der Waals surface area contributed by atoms with Crippen molar-refractivity contribution < 1.29 is 14.3 Å². The average molecular weight is 395 g/mol. The molecule has 3 atom stereocenters. The van der Waals surface area contributed by atoms with Crippen molar-refractivity contribution in [2.75, 3.05) is 0 Å². The van der Waals surface area contributed by atoms with Crippen molar-refractivity contribution >= 4 is 6.20 Å². The lowest BCUT2D eigenvalue weighted by Gasteiger charge is -2.27. The Labute approximate surface area is 172 Å². The molecule has 1 aromatic heterocycles. The van der Waals surface area contributed by atoms with Gasteiger partial charge in [-0.3, -0.25) is 0 Å². The van der Waals surface area contributed by atoms with Crippen LogP contribution in [0.5, 0.6) is 0 Å². The minimum atomic E-state index is -0.455. The highest BCUT2D eigenvalue weighted by Gasteiger charge is 2.36. The Morgan fingerprint density at radius 1 is 1.21 bits per heavy atom. The molecule has 0 saturated carbocycles. The summed E-state index contributed by atoms with van der Waals surface area (Å²) in [6.45, 7) is 8.29. The van der Waals surface area contributed by atoms with E-state index in [1.165, 1.54) is 24.8 Å². The Kier molecular flexibility index (Phi) is 5.88. The van der Waals surface area contributed by atoms with Gasteiger partial charge in [0.25, 0.3) is 0 Å². The molecule has 4 rings (SSSR count). The van der Waals surface area contributed by atoms with Gasteiger partial charge in [-0.05, 0) is 30.9 Å². The SMILES string of the molecule is C=C1N=c2oc(-c3ccc(CCCCC)cc3)cc2=CN1C1CC(O)C(CC)O1. The van der Waals surface area contributed by atoms with Crippen LogP contribution >= 0.6 is 0 Å². The van der Waals surface area contributed by atoms with E-state index in [9.17, 15) is 5.11 Å². The molecule has 1 aromatic carbocycles. The van der Waals surface area contributed by atoms with Crippen molar-refractivity contribution in [3.63, 3.8) is 0 Å². The molecule has 1 fully saturated rings. The third-order valence-corrected chi connectivity index (χ3v) is 5.77. The minimum absolute atomic E-state index is 0.140. The molecule has 154 valence electrons. The molecule has 0 aliphatic carbocycles. The van der Waals surface area contributed by atoms with Crippen molar-refractivity contribution in [3.05, 3.63) is 59.1 Å². The third kappa shape index (κ3) is 4.16. The quantitative estimate of drug-likeness (QED) is 0.728. The number of aliphatic hydroxyl groups is 1. The molecule has 0 spiro atoms. The lowest BCUT2D eigenvalue weighted by molar-refractivity contribution is -0.0309. The molecule has 3 unspecified atom stereocenters. The number of hydrogen-bond donors (Lipinski definition) is 1. The summed E-state index contributed by atoms with van der Waals surface area (Å²) >= 11 is 0. The predicted octanol–water partition coefficient (Wildman–Crippen LogP) is 3.71. The topological polar surface area (TPSA) is 58.2 Å². The molecular formula is C24H30N2O3. The first-order valence-corrected chi connectivity index (χ1v) is 10.7. The first kappa shape index (κ1) is 19.9. The normalized spacial score (nSPS) is 23.6. The van der Waals surface area contributed by atoms with Gasteiger partial charge in [-0.1, -0.05) is 57.5 Å². The lowest BCUT2D eigenvalue weighted by atomic mass is 10.0. The van der Waals surface area contributed by atoms with Gasteiger partial charge in [0.05, 0.1) is 17.4 Å². The number of benzene rings is 1. The van der Waals surface area contributed by atoms with E-state index in [1.54, 1.807) is 0 Å². The van der Waals surface area contributed by atoms with E-state index in [4.69, 9.17) is 9.15 Å². The molecule has 1 saturated heterocycles. The maximum Gasteiger partial charge on any atom is 0.230 e. The standard InChI is InChI=1S/C24H30N2O3/c1-4-6-7-8-17-9-11-18(12-10-17)22-13-19-15-26(16(3)25-24(19)29-22)23-14-20(27)21(5-2)28-23/h9-13,15,20-21,23,27H,3-8,14H2,1-2H3. The van der Waals surface area contributed by atoms with Crippen molar-refractivity contribution in [2.45, 2.75) is 70.8 Å². The van der Waals surface area contributed by atoms with Crippen LogP contribution in [0.3, 0.4) is 0 Å². The molecule has 5 heteroatoms. The zero-order valence-electron chi connectivity index (χ0n) is 17.3. The number of rotatable bonds is 7. The zero-order valence-corrected chi connectivity index (χ0v) is 17.3. The number of unbranched alkanes of at least 4 members (excludes halogenated alkanes) is 2. The van der Waals surface area contributed by atoms with E-state index in [0.29, 0.717) is 17.8 Å². The van der Waals surface area contributed by atoms with Gasteiger partial charge >= 0.3 is 0 Å². The molecule has 5 nitrogen and oxygen atoms in total. The summed E-state index contributed by atoms with van der Waals surface area (Å²) in [5.41, 5.74) is 2.97. The van der Waals surface area contributed by atoms with Crippen molar-refractivity contribution in [2.24, 2.45) is 4.99 Å². The Balaban J connectivity index is 1.54. The van der Waals surface area contributed by atoms with Gasteiger partial charge in [0.2, 0.25) is 5.55 Å². The number of furan rings is 1. The second-order valence-electron chi connectivity index (χ2n) is 7.93. The van der Waals surface area contributed by atoms with Crippen molar-refractivity contribution in [3.8, 4) is 11.3 Å². The van der Waals surface area contributed by atoms with Gasteiger partial charge in [0.1, 0.15) is 17.8 Å². The van der Waals surface area contributed by atoms with Crippen LogP contribution in [0.2, 0.25) is 0 Å². The largest absolute Gasteiger partial charge is 0.438 e. The van der Waals surface area contributed by atoms with Crippen LogP contribution in [-0.2, 0) is 11.2 Å². The Morgan fingerprint density at radius 3 is 2.69 bits per heavy atom. The molecule has 0 radical (unpaired) electrons. The molecule has 2 aromatic rings. The van der Waals surface area contributed by atoms with Crippen LogP contribution < -0.4 is 10.8 Å². The zero-order chi connectivity index (χ0) is 20.4. The summed E-state index contributed by atoms with van der Waals surface area (Å²) in [5.74, 6) is 1.36. The van der Waals surface area contributed by atoms with Crippen LogP contribution in [0.25, 0.3) is 17.5 Å². The molecule has 1 N–H and O–H groups in total. The summed E-state index contributed by atoms with van der Waals surface area (Å²) in [5, 5.41) is 11.1. The van der Waals surface area contributed by atoms with Gasteiger partial charge < -0.3 is 19.2 Å². The van der Waals surface area contributed by atoms with E-state index in [0.717, 1.165) is 29.4 Å². The van der Waals surface area contributed by atoms with Crippen LogP contribution in [0.4, 0.5) is 0 Å². The monoisotopic (exact) mass is 394 g/mol. The Morgan fingerprint density at radius 2 is 2.00 bits per heavy atom. The van der Waals surface area contributed by atoms with Crippen LogP contribution in [0.15, 0.2) is 52.1 Å². The van der Waals surface area contributed by atoms with Crippen molar-refractivity contribution in [1.29, 1.82) is 0 Å². The van der Waals surface area contributed by atoms with Crippen LogP contribution in [0.1, 0.15) is 51.5 Å². The summed E-state index contributed by atoms with van der Waals surface area (Å²) in [6.07, 6.45) is 7.30. The maximum absolute atomic E-state index is 10.2. The predicted molar refractivity (Wildman–Crippen MR) is 113 cm³/mol. The van der Waals surface area contributed by atoms with Gasteiger partial charge in [-0.2, -0.15) is 4.99 Å². The summed E-state index contributed by atoms with van der Waals surface area (Å²) in [7, 11) is 0. The Hall–Kier alpha value is -2.37. The fourth-order valence-corrected chi connectivity index (χ4v) is 4.03. The van der Waals surface area contributed by atoms with Crippen LogP contribution in [0, 0.1) is 0 Å². The van der Waals surface area contributed by atoms with Crippen molar-refractivity contribution in [1.82, 2.24) is 4.90 Å². The lowest BCUT2D eigenvalue weighted by Crippen LogP contribution is -2.37. The van der Waals surface area contributed by atoms with E-state index < -0.39 is 6.10 Å². The van der Waals surface area contributed by atoms with E-state index >= 15 is 0 Å². The number of aliphatic hydroxyl groups excluding tert-OH is 1. The van der Waals surface area contributed by atoms with Gasteiger partial charge in [-0.15, -0.1) is 0 Å².